The normalized spacial score (nSPS) is 10.1. The largest absolute Gasteiger partial charge is 0.495 e. The van der Waals surface area contributed by atoms with Crippen molar-refractivity contribution in [3.8, 4) is 5.75 Å². The molecular weight excluding hydrogens is 252 g/mol. The van der Waals surface area contributed by atoms with E-state index in [1.165, 1.54) is 19.2 Å². The molecule has 0 saturated carbocycles. The molecule has 5 heteroatoms. The molecule has 0 spiro atoms. The fourth-order valence-corrected chi connectivity index (χ4v) is 1.82. The number of carbonyl (C=O) groups excluding carboxylic acids is 1. The molecule has 0 bridgehead atoms. The van der Waals surface area contributed by atoms with Gasteiger partial charge < -0.3 is 10.5 Å². The van der Waals surface area contributed by atoms with E-state index in [0.29, 0.717) is 27.6 Å². The lowest BCUT2D eigenvalue weighted by Crippen LogP contribution is -2.06. The van der Waals surface area contributed by atoms with E-state index in [1.807, 2.05) is 0 Å². The van der Waals surface area contributed by atoms with Crippen LogP contribution in [0.3, 0.4) is 0 Å². The zero-order valence-corrected chi connectivity index (χ0v) is 10.4. The highest BCUT2D eigenvalue weighted by Crippen LogP contribution is 2.30. The summed E-state index contributed by atoms with van der Waals surface area (Å²) in [7, 11) is 1.49. The number of aromatic nitrogens is 1. The number of rotatable bonds is 3. The van der Waals surface area contributed by atoms with Gasteiger partial charge in [0.2, 0.25) is 0 Å². The van der Waals surface area contributed by atoms with Gasteiger partial charge in [0.15, 0.2) is 5.78 Å². The molecule has 2 aromatic rings. The summed E-state index contributed by atoms with van der Waals surface area (Å²) < 4.78 is 5.03. The fourth-order valence-electron chi connectivity index (χ4n) is 1.58. The van der Waals surface area contributed by atoms with Crippen LogP contribution in [0.25, 0.3) is 0 Å². The molecule has 92 valence electrons. The number of benzene rings is 1. The zero-order valence-electron chi connectivity index (χ0n) is 9.68. The number of methoxy groups -OCH3 is 1. The van der Waals surface area contributed by atoms with Gasteiger partial charge in [-0.15, -0.1) is 0 Å². The second-order valence-electron chi connectivity index (χ2n) is 3.64. The number of nitrogen functional groups attached to an aromatic ring is 1. The van der Waals surface area contributed by atoms with Crippen molar-refractivity contribution in [1.29, 1.82) is 0 Å². The van der Waals surface area contributed by atoms with Crippen LogP contribution < -0.4 is 10.5 Å². The van der Waals surface area contributed by atoms with Gasteiger partial charge in [-0.3, -0.25) is 9.78 Å². The number of ether oxygens (including phenoxy) is 1. The molecule has 0 aliphatic heterocycles. The average molecular weight is 263 g/mol. The van der Waals surface area contributed by atoms with Gasteiger partial charge >= 0.3 is 0 Å². The summed E-state index contributed by atoms with van der Waals surface area (Å²) in [4.78, 5) is 16.1. The molecule has 2 N–H and O–H groups in total. The molecule has 4 nitrogen and oxygen atoms in total. The van der Waals surface area contributed by atoms with Crippen molar-refractivity contribution in [2.45, 2.75) is 0 Å². The van der Waals surface area contributed by atoms with E-state index >= 15 is 0 Å². The molecule has 1 aromatic carbocycles. The topological polar surface area (TPSA) is 65.2 Å². The molecule has 0 amide bonds. The highest BCUT2D eigenvalue weighted by atomic mass is 35.5. The average Bonchev–Trinajstić information content (AvgIpc) is 2.41. The van der Waals surface area contributed by atoms with Crippen molar-refractivity contribution in [2.24, 2.45) is 0 Å². The van der Waals surface area contributed by atoms with Crippen LogP contribution in [0.15, 0.2) is 36.7 Å². The molecule has 0 unspecified atom stereocenters. The zero-order chi connectivity index (χ0) is 13.1. The first-order chi connectivity index (χ1) is 8.63. The van der Waals surface area contributed by atoms with E-state index < -0.39 is 0 Å². The first-order valence-electron chi connectivity index (χ1n) is 5.21. The Balaban J connectivity index is 2.46. The number of pyridine rings is 1. The van der Waals surface area contributed by atoms with Crippen molar-refractivity contribution in [3.63, 3.8) is 0 Å². The van der Waals surface area contributed by atoms with Gasteiger partial charge in [-0.05, 0) is 18.2 Å². The van der Waals surface area contributed by atoms with Crippen molar-refractivity contribution in [1.82, 2.24) is 4.98 Å². The number of ketones is 1. The van der Waals surface area contributed by atoms with Gasteiger partial charge in [-0.1, -0.05) is 11.6 Å². The Bertz CT molecular complexity index is 585. The highest BCUT2D eigenvalue weighted by Gasteiger charge is 2.15. The predicted molar refractivity (Wildman–Crippen MR) is 70.1 cm³/mol. The summed E-state index contributed by atoms with van der Waals surface area (Å²) in [5, 5.41) is 0.351. The number of hydrogen-bond acceptors (Lipinski definition) is 4. The molecule has 1 heterocycles. The van der Waals surface area contributed by atoms with Crippen LogP contribution in [0.1, 0.15) is 15.9 Å². The number of halogens is 1. The van der Waals surface area contributed by atoms with Crippen molar-refractivity contribution < 1.29 is 9.53 Å². The minimum Gasteiger partial charge on any atom is -0.495 e. The quantitative estimate of drug-likeness (QED) is 0.682. The van der Waals surface area contributed by atoms with Crippen molar-refractivity contribution >= 4 is 23.1 Å². The number of nitrogens with zero attached hydrogens (tertiary/aromatic N) is 1. The maximum Gasteiger partial charge on any atom is 0.195 e. The summed E-state index contributed by atoms with van der Waals surface area (Å²) in [6, 6.07) is 6.30. The van der Waals surface area contributed by atoms with Gasteiger partial charge in [-0.25, -0.2) is 0 Å². The van der Waals surface area contributed by atoms with Gasteiger partial charge in [0, 0.05) is 35.3 Å². The van der Waals surface area contributed by atoms with E-state index in [4.69, 9.17) is 22.1 Å². The van der Waals surface area contributed by atoms with Crippen LogP contribution in [0.5, 0.6) is 5.75 Å². The Morgan fingerprint density at radius 1 is 1.33 bits per heavy atom. The molecular formula is C13H11ClN2O2. The van der Waals surface area contributed by atoms with E-state index in [0.717, 1.165) is 0 Å². The number of nitrogens with two attached hydrogens (primary N) is 1. The van der Waals surface area contributed by atoms with Crippen LogP contribution in [-0.4, -0.2) is 17.9 Å². The van der Waals surface area contributed by atoms with Gasteiger partial charge in [0.25, 0.3) is 0 Å². The monoisotopic (exact) mass is 262 g/mol. The van der Waals surface area contributed by atoms with Crippen molar-refractivity contribution in [3.05, 3.63) is 52.8 Å². The van der Waals surface area contributed by atoms with Gasteiger partial charge in [0.1, 0.15) is 5.75 Å². The standard InChI is InChI=1S/C13H11ClN2O2/c1-18-12-7-11(15)9(6-10(12)14)13(17)8-2-4-16-5-3-8/h2-7H,15H2,1H3. The Morgan fingerprint density at radius 3 is 2.61 bits per heavy atom. The number of anilines is 1. The van der Waals surface area contributed by atoms with Crippen molar-refractivity contribution in [2.75, 3.05) is 12.8 Å². The molecule has 2 rings (SSSR count). The summed E-state index contributed by atoms with van der Waals surface area (Å²) in [6.45, 7) is 0. The number of carbonyl (C=O) groups is 1. The summed E-state index contributed by atoms with van der Waals surface area (Å²) in [5.41, 5.74) is 7.03. The molecule has 0 aliphatic rings. The highest BCUT2D eigenvalue weighted by molar-refractivity contribution is 6.33. The molecule has 1 aromatic heterocycles. The minimum atomic E-state index is -0.195. The molecule has 0 fully saturated rings. The third-order valence-electron chi connectivity index (χ3n) is 2.51. The van der Waals surface area contributed by atoms with Crippen LogP contribution in [0.4, 0.5) is 5.69 Å². The molecule has 18 heavy (non-hydrogen) atoms. The third-order valence-corrected chi connectivity index (χ3v) is 2.81. The van der Waals surface area contributed by atoms with E-state index in [9.17, 15) is 4.79 Å². The molecule has 0 atom stereocenters. The van der Waals surface area contributed by atoms with E-state index in [1.54, 1.807) is 24.5 Å². The Kier molecular flexibility index (Phi) is 3.48. The smallest absolute Gasteiger partial charge is 0.195 e. The van der Waals surface area contributed by atoms with E-state index in [-0.39, 0.29) is 5.78 Å². The Labute approximate surface area is 109 Å². The van der Waals surface area contributed by atoms with E-state index in [2.05, 4.69) is 4.98 Å². The second kappa shape index (κ2) is 5.06. The number of hydrogen-bond donors (Lipinski definition) is 1. The predicted octanol–water partition coefficient (Wildman–Crippen LogP) is 2.56. The molecule has 0 aliphatic carbocycles. The van der Waals surface area contributed by atoms with Gasteiger partial charge in [-0.2, -0.15) is 0 Å². The first-order valence-corrected chi connectivity index (χ1v) is 5.59. The molecule has 0 saturated heterocycles. The lowest BCUT2D eigenvalue weighted by atomic mass is 10.0. The van der Waals surface area contributed by atoms with Crippen LogP contribution in [-0.2, 0) is 0 Å². The first kappa shape index (κ1) is 12.4. The summed E-state index contributed by atoms with van der Waals surface area (Å²) >= 11 is 5.99. The third kappa shape index (κ3) is 2.28. The SMILES string of the molecule is COc1cc(N)c(C(=O)c2ccncc2)cc1Cl. The summed E-state index contributed by atoms with van der Waals surface area (Å²) in [5.74, 6) is 0.250. The minimum absolute atomic E-state index is 0.195. The fraction of sp³-hybridized carbons (Fsp3) is 0.0769. The summed E-state index contributed by atoms with van der Waals surface area (Å²) in [6.07, 6.45) is 3.10. The van der Waals surface area contributed by atoms with Crippen LogP contribution >= 0.6 is 11.6 Å². The van der Waals surface area contributed by atoms with Crippen LogP contribution in [0.2, 0.25) is 5.02 Å². The second-order valence-corrected chi connectivity index (χ2v) is 4.05. The Hall–Kier alpha value is -2.07. The maximum atomic E-state index is 12.2. The Morgan fingerprint density at radius 2 is 2.00 bits per heavy atom. The molecule has 0 radical (unpaired) electrons. The lowest BCUT2D eigenvalue weighted by molar-refractivity contribution is 0.103. The maximum absolute atomic E-state index is 12.2. The van der Waals surface area contributed by atoms with Gasteiger partial charge in [0.05, 0.1) is 12.1 Å². The lowest BCUT2D eigenvalue weighted by Gasteiger charge is -2.09. The van der Waals surface area contributed by atoms with Crippen LogP contribution in [0, 0.1) is 0 Å².